The van der Waals surface area contributed by atoms with Crippen molar-refractivity contribution in [1.29, 1.82) is 0 Å². The number of thioether (sulfide) groups is 1. The van der Waals surface area contributed by atoms with Crippen molar-refractivity contribution in [2.24, 2.45) is 0 Å². The standard InChI is InChI=1S/C24H23N5O2S/c1-16-13-18-7-3-4-10-21(18)29(16)23(30)17(2)32-24-27-26-22(19-8-5-11-25-14-19)28(24)15-20-9-6-12-31-20/h3-12,14,16-17H,13,15H2,1-2H3/t16-,17-/m0/s1. The minimum atomic E-state index is -0.329. The van der Waals surface area contributed by atoms with Crippen molar-refractivity contribution in [2.75, 3.05) is 4.90 Å². The molecule has 0 aliphatic carbocycles. The van der Waals surface area contributed by atoms with E-state index in [0.717, 1.165) is 23.4 Å². The van der Waals surface area contributed by atoms with Gasteiger partial charge >= 0.3 is 0 Å². The number of amides is 1. The lowest BCUT2D eigenvalue weighted by Gasteiger charge is -2.25. The SMILES string of the molecule is C[C@H](Sc1nnc(-c2cccnc2)n1Cc1ccco1)C(=O)N1c2ccccc2C[C@@H]1C. The number of rotatable bonds is 6. The van der Waals surface area contributed by atoms with Gasteiger partial charge in [-0.1, -0.05) is 30.0 Å². The molecule has 0 spiro atoms. The summed E-state index contributed by atoms with van der Waals surface area (Å²) in [4.78, 5) is 19.6. The van der Waals surface area contributed by atoms with E-state index in [9.17, 15) is 4.79 Å². The summed E-state index contributed by atoms with van der Waals surface area (Å²) < 4.78 is 7.54. The predicted octanol–water partition coefficient (Wildman–Crippen LogP) is 4.44. The van der Waals surface area contributed by atoms with Crippen LogP contribution in [0.3, 0.4) is 0 Å². The first-order valence-electron chi connectivity index (χ1n) is 10.6. The van der Waals surface area contributed by atoms with E-state index in [0.29, 0.717) is 17.5 Å². The van der Waals surface area contributed by atoms with Crippen LogP contribution < -0.4 is 4.90 Å². The molecule has 8 heteroatoms. The zero-order chi connectivity index (χ0) is 22.1. The fraction of sp³-hybridized carbons (Fsp3) is 0.250. The number of nitrogens with zero attached hydrogens (tertiary/aromatic N) is 5. The first-order valence-corrected chi connectivity index (χ1v) is 11.4. The Morgan fingerprint density at radius 3 is 2.84 bits per heavy atom. The van der Waals surface area contributed by atoms with Crippen LogP contribution in [0.4, 0.5) is 5.69 Å². The minimum absolute atomic E-state index is 0.0722. The largest absolute Gasteiger partial charge is 0.467 e. The Bertz CT molecular complexity index is 1220. The van der Waals surface area contributed by atoms with Crippen molar-refractivity contribution >= 4 is 23.4 Å². The van der Waals surface area contributed by atoms with Crippen LogP contribution in [0.25, 0.3) is 11.4 Å². The number of carbonyl (C=O) groups excluding carboxylic acids is 1. The second-order valence-electron chi connectivity index (χ2n) is 7.86. The predicted molar refractivity (Wildman–Crippen MR) is 123 cm³/mol. The van der Waals surface area contributed by atoms with E-state index in [2.05, 4.69) is 28.2 Å². The maximum atomic E-state index is 13.4. The van der Waals surface area contributed by atoms with Gasteiger partial charge in [0.2, 0.25) is 5.91 Å². The molecule has 5 rings (SSSR count). The number of para-hydroxylation sites is 1. The van der Waals surface area contributed by atoms with Crippen LogP contribution in [0, 0.1) is 0 Å². The van der Waals surface area contributed by atoms with Gasteiger partial charge in [-0.15, -0.1) is 10.2 Å². The average Bonchev–Trinajstić information content (AvgIpc) is 3.53. The van der Waals surface area contributed by atoms with Crippen molar-refractivity contribution in [3.05, 3.63) is 78.5 Å². The van der Waals surface area contributed by atoms with Gasteiger partial charge in [-0.05, 0) is 56.2 Å². The molecule has 3 aromatic heterocycles. The van der Waals surface area contributed by atoms with Crippen molar-refractivity contribution in [3.63, 3.8) is 0 Å². The Balaban J connectivity index is 1.43. The van der Waals surface area contributed by atoms with Crippen LogP contribution in [0.5, 0.6) is 0 Å². The molecule has 0 unspecified atom stereocenters. The summed E-state index contributed by atoms with van der Waals surface area (Å²) in [6.07, 6.45) is 6.00. The van der Waals surface area contributed by atoms with E-state index in [1.807, 2.05) is 58.9 Å². The summed E-state index contributed by atoms with van der Waals surface area (Å²) in [6.45, 7) is 4.49. The number of pyridine rings is 1. The fourth-order valence-electron chi connectivity index (χ4n) is 4.09. The molecule has 1 aromatic carbocycles. The molecule has 4 heterocycles. The highest BCUT2D eigenvalue weighted by atomic mass is 32.2. The van der Waals surface area contributed by atoms with E-state index < -0.39 is 0 Å². The van der Waals surface area contributed by atoms with Crippen LogP contribution in [-0.4, -0.2) is 36.9 Å². The van der Waals surface area contributed by atoms with Crippen LogP contribution in [0.2, 0.25) is 0 Å². The second-order valence-corrected chi connectivity index (χ2v) is 9.17. The molecular formula is C24H23N5O2S. The number of furan rings is 1. The van der Waals surface area contributed by atoms with Crippen LogP contribution >= 0.6 is 11.8 Å². The number of hydrogen-bond acceptors (Lipinski definition) is 6. The van der Waals surface area contributed by atoms with Crippen molar-refractivity contribution in [3.8, 4) is 11.4 Å². The zero-order valence-corrected chi connectivity index (χ0v) is 18.7. The molecule has 0 saturated carbocycles. The Kier molecular flexibility index (Phi) is 5.53. The molecule has 162 valence electrons. The van der Waals surface area contributed by atoms with E-state index >= 15 is 0 Å². The molecule has 4 aromatic rings. The van der Waals surface area contributed by atoms with Crippen molar-refractivity contribution in [1.82, 2.24) is 19.7 Å². The highest BCUT2D eigenvalue weighted by Crippen LogP contribution is 2.35. The van der Waals surface area contributed by atoms with Crippen LogP contribution in [0.15, 0.2) is 76.8 Å². The minimum Gasteiger partial charge on any atom is -0.467 e. The summed E-state index contributed by atoms with van der Waals surface area (Å²) >= 11 is 1.42. The first-order chi connectivity index (χ1) is 15.6. The number of hydrogen-bond donors (Lipinski definition) is 0. The summed E-state index contributed by atoms with van der Waals surface area (Å²) in [5.74, 6) is 1.55. The van der Waals surface area contributed by atoms with Gasteiger partial charge in [-0.2, -0.15) is 0 Å². The molecule has 1 aliphatic rings. The molecule has 7 nitrogen and oxygen atoms in total. The molecule has 0 fully saturated rings. The van der Waals surface area contributed by atoms with Gasteiger partial charge in [0.05, 0.1) is 18.1 Å². The Labute approximate surface area is 190 Å². The lowest BCUT2D eigenvalue weighted by molar-refractivity contribution is -0.118. The van der Waals surface area contributed by atoms with Crippen LogP contribution in [0.1, 0.15) is 25.2 Å². The van der Waals surface area contributed by atoms with E-state index in [1.54, 1.807) is 18.7 Å². The summed E-state index contributed by atoms with van der Waals surface area (Å²) in [6, 6.07) is 15.8. The van der Waals surface area contributed by atoms with E-state index in [-0.39, 0.29) is 17.2 Å². The maximum Gasteiger partial charge on any atom is 0.240 e. The normalized spacial score (nSPS) is 16.2. The Morgan fingerprint density at radius 2 is 2.06 bits per heavy atom. The topological polar surface area (TPSA) is 77.0 Å². The summed E-state index contributed by atoms with van der Waals surface area (Å²) in [7, 11) is 0. The lowest BCUT2D eigenvalue weighted by Crippen LogP contribution is -2.40. The molecule has 0 saturated heterocycles. The molecule has 2 atom stereocenters. The highest BCUT2D eigenvalue weighted by Gasteiger charge is 2.34. The van der Waals surface area contributed by atoms with Gasteiger partial charge in [0, 0.05) is 29.7 Å². The molecule has 1 amide bonds. The van der Waals surface area contributed by atoms with Gasteiger partial charge < -0.3 is 9.32 Å². The lowest BCUT2D eigenvalue weighted by atomic mass is 10.1. The maximum absolute atomic E-state index is 13.4. The molecule has 0 bridgehead atoms. The van der Waals surface area contributed by atoms with Gasteiger partial charge in [0.25, 0.3) is 0 Å². The third-order valence-electron chi connectivity index (χ3n) is 5.61. The Morgan fingerprint density at radius 1 is 1.19 bits per heavy atom. The number of benzene rings is 1. The highest BCUT2D eigenvalue weighted by molar-refractivity contribution is 8.00. The van der Waals surface area contributed by atoms with E-state index in [4.69, 9.17) is 4.42 Å². The Hall–Kier alpha value is -3.39. The molecule has 32 heavy (non-hydrogen) atoms. The number of anilines is 1. The number of carbonyl (C=O) groups is 1. The van der Waals surface area contributed by atoms with Crippen molar-refractivity contribution < 1.29 is 9.21 Å². The molecule has 1 aliphatic heterocycles. The third-order valence-corrected chi connectivity index (χ3v) is 6.67. The molecule has 0 radical (unpaired) electrons. The number of fused-ring (bicyclic) bond motifs is 1. The van der Waals surface area contributed by atoms with Crippen LogP contribution in [-0.2, 0) is 17.8 Å². The smallest absolute Gasteiger partial charge is 0.240 e. The molecule has 0 N–H and O–H groups in total. The number of aromatic nitrogens is 4. The first kappa shape index (κ1) is 20.5. The third kappa shape index (κ3) is 3.82. The van der Waals surface area contributed by atoms with Gasteiger partial charge in [0.15, 0.2) is 11.0 Å². The van der Waals surface area contributed by atoms with Crippen molar-refractivity contribution in [2.45, 2.75) is 43.3 Å². The average molecular weight is 446 g/mol. The van der Waals surface area contributed by atoms with Gasteiger partial charge in [-0.3, -0.25) is 14.3 Å². The quantitative estimate of drug-likeness (QED) is 0.409. The summed E-state index contributed by atoms with van der Waals surface area (Å²) in [5.41, 5.74) is 3.08. The van der Waals surface area contributed by atoms with Gasteiger partial charge in [-0.25, -0.2) is 0 Å². The molecular weight excluding hydrogens is 422 g/mol. The van der Waals surface area contributed by atoms with E-state index in [1.165, 1.54) is 17.3 Å². The zero-order valence-electron chi connectivity index (χ0n) is 17.9. The summed E-state index contributed by atoms with van der Waals surface area (Å²) in [5, 5.41) is 9.17. The second kappa shape index (κ2) is 8.63. The monoisotopic (exact) mass is 445 g/mol. The fourth-order valence-corrected chi connectivity index (χ4v) is 4.99. The van der Waals surface area contributed by atoms with Gasteiger partial charge in [0.1, 0.15) is 5.76 Å².